The average Bonchev–Trinajstić information content (AvgIpc) is 1.62. The number of carbonyl (C=O) groups excluding carboxylic acids is 1. The highest BCUT2D eigenvalue weighted by Crippen LogP contribution is 2.43. The number of allylic oxidation sites excluding steroid dienone is 1. The Kier molecular flexibility index (Phi) is 23.5. The van der Waals surface area contributed by atoms with Crippen LogP contribution in [-0.4, -0.2) is 137 Å². The fraction of sp³-hybridized carbons (Fsp3) is 0.197. The van der Waals surface area contributed by atoms with E-state index >= 15 is 0 Å². The molecule has 0 atom stereocenters. The number of hydrogen-bond acceptors (Lipinski definition) is 11. The lowest BCUT2D eigenvalue weighted by Gasteiger charge is -2.19. The molecule has 0 unspecified atom stereocenters. The van der Waals surface area contributed by atoms with E-state index in [1.165, 1.54) is 76.3 Å². The molecule has 0 aliphatic carbocycles. The summed E-state index contributed by atoms with van der Waals surface area (Å²) in [5.74, 6) is 4.16. The minimum atomic E-state index is -0.187. The summed E-state index contributed by atoms with van der Waals surface area (Å²) in [5.41, 5.74) is 12.8. The van der Waals surface area contributed by atoms with Crippen LogP contribution >= 0.6 is 11.3 Å². The van der Waals surface area contributed by atoms with Gasteiger partial charge in [0.1, 0.15) is 28.6 Å². The van der Waals surface area contributed by atoms with Gasteiger partial charge < -0.3 is 19.8 Å². The Balaban J connectivity index is 0.000000139. The molecule has 0 spiro atoms. The Morgan fingerprint density at radius 2 is 1.06 bits per heavy atom. The zero-order valence-electron chi connectivity index (χ0n) is 53.5. The van der Waals surface area contributed by atoms with Gasteiger partial charge in [0.05, 0.1) is 34.0 Å². The molecule has 0 N–H and O–H groups in total. The highest BCUT2D eigenvalue weighted by atomic mass is 32.1. The first-order valence-electron chi connectivity index (χ1n) is 30.9. The number of rotatable bonds is 19. The van der Waals surface area contributed by atoms with Crippen LogP contribution in [0.15, 0.2) is 242 Å². The Morgan fingerprint density at radius 3 is 1.58 bits per heavy atom. The quantitative estimate of drug-likeness (QED) is 0.0720. The first-order chi connectivity index (χ1) is 45.4. The molecule has 7 aromatic heterocycles. The van der Waals surface area contributed by atoms with Crippen LogP contribution < -0.4 is 11.5 Å². The van der Waals surface area contributed by atoms with Crippen molar-refractivity contribution in [3.63, 3.8) is 0 Å². The molecule has 4 radical (unpaired) electrons. The molecule has 22 heteroatoms. The van der Waals surface area contributed by atoms with Crippen LogP contribution in [0.25, 0.3) is 39.8 Å². The Morgan fingerprint density at radius 1 is 0.559 bits per heavy atom. The van der Waals surface area contributed by atoms with Crippen LogP contribution in [-0.2, 0) is 34.3 Å². The largest absolute Gasteiger partial charge is 0.648 e. The van der Waals surface area contributed by atoms with Gasteiger partial charge >= 0.3 is 66.4 Å². The third-order valence-electron chi connectivity index (χ3n) is 15.5. The van der Waals surface area contributed by atoms with Crippen molar-refractivity contribution in [2.24, 2.45) is 4.99 Å². The number of benzene rings is 5. The summed E-state index contributed by atoms with van der Waals surface area (Å²) >= 11 is 7.87. The molecule has 1 aliphatic heterocycles. The fourth-order valence-corrected chi connectivity index (χ4v) is 13.8. The van der Waals surface area contributed by atoms with Gasteiger partial charge in [-0.2, -0.15) is 20.4 Å². The normalized spacial score (nSPS) is 12.2. The summed E-state index contributed by atoms with van der Waals surface area (Å²) in [5, 5.41) is 22.2. The maximum Gasteiger partial charge on any atom is 0.494 e. The van der Waals surface area contributed by atoms with E-state index in [1.807, 2.05) is 112 Å². The molecule has 1 aliphatic rings. The lowest BCUT2D eigenvalue weighted by molar-refractivity contribution is -0.115. The molecule has 12 aromatic rings. The molecule has 17 nitrogen and oxygen atoms in total. The van der Waals surface area contributed by atoms with Gasteiger partial charge in [0, 0.05) is 83.9 Å². The number of carbonyl (C=O) groups is 1. The Labute approximate surface area is 581 Å². The van der Waals surface area contributed by atoms with Gasteiger partial charge in [-0.25, -0.2) is 23.4 Å². The van der Waals surface area contributed by atoms with Crippen molar-refractivity contribution in [3.8, 4) is 51.3 Å². The van der Waals surface area contributed by atoms with Crippen molar-refractivity contribution >= 4 is 95.1 Å². The third kappa shape index (κ3) is 15.8. The minimum absolute atomic E-state index is 0.0216. The highest BCUT2D eigenvalue weighted by Gasteiger charge is 2.35. The Hall–Kier alpha value is -8.46. The lowest BCUT2D eigenvalue weighted by atomic mass is 9.92. The zero-order valence-corrected chi connectivity index (χ0v) is 60.0. The summed E-state index contributed by atoms with van der Waals surface area (Å²) in [4.78, 5) is 19.3. The van der Waals surface area contributed by atoms with Gasteiger partial charge in [0.2, 0.25) is 0 Å². The van der Waals surface area contributed by atoms with Crippen molar-refractivity contribution < 1.29 is 16.2 Å². The summed E-state index contributed by atoms with van der Waals surface area (Å²) in [6.45, 7) is 12.2. The van der Waals surface area contributed by atoms with Crippen LogP contribution in [0, 0.1) is 6.92 Å². The van der Waals surface area contributed by atoms with E-state index < -0.39 is 0 Å². The number of aryl methyl sites for hydroxylation is 3. The topological polar surface area (TPSA) is 154 Å². The van der Waals surface area contributed by atoms with Gasteiger partial charge in [-0.1, -0.05) is 154 Å². The van der Waals surface area contributed by atoms with E-state index in [0.29, 0.717) is 5.82 Å². The maximum atomic E-state index is 12.0. The van der Waals surface area contributed by atoms with Crippen LogP contribution in [0.3, 0.4) is 0 Å². The number of amides is 1. The number of hydrogen-bond donors (Lipinski definition) is 0. The molecule has 0 bridgehead atoms. The van der Waals surface area contributed by atoms with E-state index in [-0.39, 0.29) is 11.4 Å². The highest BCUT2D eigenvalue weighted by molar-refractivity contribution is 7.12. The van der Waals surface area contributed by atoms with Gasteiger partial charge in [-0.15, -0.1) is 16.4 Å². The minimum Gasteiger partial charge on any atom is -0.648 e. The molecule has 1 amide bonds. The molecular weight excluding hydrogens is 1240 g/mol. The summed E-state index contributed by atoms with van der Waals surface area (Å²) in [6, 6.07) is 59.5. The zero-order chi connectivity index (χ0) is 65.3. The molecule has 0 fully saturated rings. The molecule has 13 rings (SSSR count). The SMILES string of the molecule is CCCC1=C([O][AlH])C(n2cccn2)=NC1(C)C.CCCc1c([N]([AlH])C(C)=O)c(-n2cccn2)nn1-c1ccccc1.Cc1sc(CCc2ccccc2)c([O][AlH])c1-n1cccn1.[AlH][O]c1c(-n2cccn2)c(-c2ccccc2)n(-c2ccccc2)c1Cc1ccccc1. The van der Waals surface area contributed by atoms with Gasteiger partial charge in [0.25, 0.3) is 0 Å². The van der Waals surface area contributed by atoms with E-state index in [4.69, 9.17) is 21.5 Å². The maximum absolute atomic E-state index is 12.0. The van der Waals surface area contributed by atoms with Gasteiger partial charge in [-0.3, -0.25) is 9.79 Å². The molecule has 0 saturated heterocycles. The second-order valence-corrected chi connectivity index (χ2v) is 25.1. The summed E-state index contributed by atoms with van der Waals surface area (Å²) < 4.78 is 30.5. The molecule has 464 valence electrons. The third-order valence-corrected chi connectivity index (χ3v) is 18.3. The summed E-state index contributed by atoms with van der Waals surface area (Å²) in [6.07, 6.45) is 21.4. The van der Waals surface area contributed by atoms with Crippen molar-refractivity contribution in [3.05, 3.63) is 269 Å². The Bertz CT molecular complexity index is 4350. The molecule has 0 saturated carbocycles. The second-order valence-electron chi connectivity index (χ2n) is 22.3. The number of aromatic nitrogens is 11. The predicted octanol–water partition coefficient (Wildman–Crippen LogP) is 12.3. The van der Waals surface area contributed by atoms with Gasteiger partial charge in [-0.05, 0) is 112 Å². The number of anilines is 1. The average molecular weight is 1310 g/mol. The van der Waals surface area contributed by atoms with Crippen LogP contribution in [0.5, 0.6) is 11.5 Å². The van der Waals surface area contributed by atoms with Crippen LogP contribution in [0.4, 0.5) is 5.69 Å². The second kappa shape index (κ2) is 32.4. The molecule has 8 heterocycles. The van der Waals surface area contributed by atoms with E-state index in [2.05, 4.69) is 163 Å². The molecule has 5 aromatic carbocycles. The van der Waals surface area contributed by atoms with E-state index in [1.54, 1.807) is 72.8 Å². The first-order valence-corrected chi connectivity index (χ1v) is 34.0. The molecular formula is C71H73Al4N13O4S. The number of thiophene rings is 1. The van der Waals surface area contributed by atoms with Crippen molar-refractivity contribution in [2.75, 3.05) is 3.88 Å². The van der Waals surface area contributed by atoms with Crippen LogP contribution in [0.1, 0.15) is 86.2 Å². The van der Waals surface area contributed by atoms with Crippen molar-refractivity contribution in [1.82, 2.24) is 53.5 Å². The lowest BCUT2D eigenvalue weighted by Crippen LogP contribution is -2.27. The predicted molar refractivity (Wildman–Crippen MR) is 377 cm³/mol. The first kappa shape index (κ1) is 67.4. The van der Waals surface area contributed by atoms with Crippen molar-refractivity contribution in [1.29, 1.82) is 0 Å². The summed E-state index contributed by atoms with van der Waals surface area (Å²) in [7, 11) is 0. The number of nitrogens with zero attached hydrogens (tertiary/aromatic N) is 13. The van der Waals surface area contributed by atoms with Gasteiger partial charge in [0.15, 0.2) is 17.6 Å². The number of aliphatic imine (C=N–C) groups is 1. The number of para-hydroxylation sites is 2. The fourth-order valence-electron chi connectivity index (χ4n) is 11.3. The standard InChI is InChI=1S/C26H21N3O.C17H19N5O.C16H16N2OS.C12H17N3O.4Al.4H/c30-26-23(19-20-11-4-1-5-12-20)29(22-15-8-3-9-16-22)24(21-13-6-2-7-14-21)25(26)28-18-10-17-27-28;1-3-8-15-16(19-13(2)23)17(21-12-7-11-18-21)20-22(15)14-9-5-4-6-10-14;1-12-15(18-11-5-10-17-18)16(19)14(20-12)9-8-13-6-3-2-4-7-13;1-4-6-9-10(16)11(14-12(9,2)3)15-8-5-7-13-15;;;;;;;;/h1-18,30H,19H2;4-7,9-12H,3,8H2,1-2H3,(H,19,23);2-7,10-11,19H,8-9H2,1H3;5,7-8,16H,4,6H2,1-3H3;;;;;;;;/q;;;;4*+1;;;;/p-4. The smallest absolute Gasteiger partial charge is 0.494 e. The van der Waals surface area contributed by atoms with Crippen molar-refractivity contribution in [2.45, 2.75) is 92.0 Å². The molecule has 93 heavy (non-hydrogen) atoms. The van der Waals surface area contributed by atoms with E-state index in [0.717, 1.165) is 119 Å². The monoisotopic (exact) mass is 1310 g/mol. The van der Waals surface area contributed by atoms with E-state index in [9.17, 15) is 4.79 Å². The van der Waals surface area contributed by atoms with Crippen LogP contribution in [0.2, 0.25) is 0 Å².